The molecule has 0 saturated carbocycles. The third-order valence-electron chi connectivity index (χ3n) is 3.73. The second kappa shape index (κ2) is 5.27. The molecule has 2 aromatic heterocycles. The van der Waals surface area contributed by atoms with Gasteiger partial charge in [-0.05, 0) is 24.6 Å². The predicted octanol–water partition coefficient (Wildman–Crippen LogP) is -1.06. The molecule has 1 aliphatic rings. The molecule has 2 atom stereocenters. The van der Waals surface area contributed by atoms with Gasteiger partial charge in [0.25, 0.3) is 0 Å². The van der Waals surface area contributed by atoms with Gasteiger partial charge in [0.05, 0.1) is 22.9 Å². The first-order valence-corrected chi connectivity index (χ1v) is 6.69. The first kappa shape index (κ1) is 14.3. The fourth-order valence-electron chi connectivity index (χ4n) is 2.57. The lowest BCUT2D eigenvalue weighted by Gasteiger charge is -2.24. The first-order chi connectivity index (χ1) is 10.5. The Labute approximate surface area is 125 Å². The Morgan fingerprint density at radius 1 is 1.36 bits per heavy atom. The van der Waals surface area contributed by atoms with Gasteiger partial charge in [-0.25, -0.2) is 4.39 Å². The van der Waals surface area contributed by atoms with E-state index < -0.39 is 23.8 Å². The lowest BCUT2D eigenvalue weighted by molar-refractivity contribution is -0.119. The Morgan fingerprint density at radius 3 is 2.86 bits per heavy atom. The zero-order valence-corrected chi connectivity index (χ0v) is 11.8. The van der Waals surface area contributed by atoms with Crippen LogP contribution in [0.25, 0.3) is 5.57 Å². The molecule has 1 aliphatic heterocycles. The van der Waals surface area contributed by atoms with Crippen molar-refractivity contribution in [3.05, 3.63) is 58.4 Å². The van der Waals surface area contributed by atoms with E-state index in [0.717, 1.165) is 6.20 Å². The standard InChI is InChI=1S/C15H14FN5O/c1-7-8(5-19-6-9(7)16)11-12(17)14(15(18)22)21-10-3-2-4-20-13(10)11/h2-6,12,14H,17H2,1H3,(H2,18,22). The minimum Gasteiger partial charge on any atom is -0.368 e. The molecule has 0 fully saturated rings. The van der Waals surface area contributed by atoms with Gasteiger partial charge in [-0.1, -0.05) is 0 Å². The molecule has 2 aromatic rings. The number of rotatable bonds is 2. The Hall–Kier alpha value is -2.67. The summed E-state index contributed by atoms with van der Waals surface area (Å²) in [7, 11) is 0. The summed E-state index contributed by atoms with van der Waals surface area (Å²) in [5, 5.41) is 1.02. The van der Waals surface area contributed by atoms with E-state index in [2.05, 4.69) is 15.0 Å². The van der Waals surface area contributed by atoms with E-state index in [-0.39, 0.29) is 0 Å². The average molecular weight is 299 g/mol. The van der Waals surface area contributed by atoms with E-state index in [9.17, 15) is 9.18 Å². The summed E-state index contributed by atoms with van der Waals surface area (Å²) in [6, 6.07) is 1.69. The van der Waals surface area contributed by atoms with Gasteiger partial charge in [0.1, 0.15) is 11.9 Å². The third kappa shape index (κ3) is 2.15. The number of hydrogen-bond acceptors (Lipinski definition) is 5. The van der Waals surface area contributed by atoms with E-state index in [1.807, 2.05) is 0 Å². The minimum atomic E-state index is -0.922. The number of carbonyl (C=O) groups is 1. The number of hydrogen-bond donors (Lipinski definition) is 2. The topological polar surface area (TPSA) is 107 Å². The van der Waals surface area contributed by atoms with Crippen molar-refractivity contribution in [1.29, 1.82) is 0 Å². The van der Waals surface area contributed by atoms with Crippen molar-refractivity contribution in [2.75, 3.05) is 0 Å². The number of carbonyl (C=O) groups excluding carboxylic acids is 1. The highest BCUT2D eigenvalue weighted by Gasteiger charge is 2.31. The van der Waals surface area contributed by atoms with Crippen LogP contribution in [0.1, 0.15) is 11.1 Å². The first-order valence-electron chi connectivity index (χ1n) is 6.69. The smallest absolute Gasteiger partial charge is 0.244 e. The Kier molecular flexibility index (Phi) is 3.42. The molecule has 2 unspecified atom stereocenters. The maximum absolute atomic E-state index is 13.8. The van der Waals surface area contributed by atoms with Crippen LogP contribution in [0.4, 0.5) is 4.39 Å². The molecule has 3 heterocycles. The van der Waals surface area contributed by atoms with Crippen LogP contribution >= 0.6 is 0 Å². The number of nitrogens with zero attached hydrogens (tertiary/aromatic N) is 3. The van der Waals surface area contributed by atoms with Crippen molar-refractivity contribution in [3.8, 4) is 0 Å². The fourth-order valence-corrected chi connectivity index (χ4v) is 2.57. The molecule has 0 radical (unpaired) electrons. The van der Waals surface area contributed by atoms with Crippen molar-refractivity contribution >= 4 is 11.5 Å². The van der Waals surface area contributed by atoms with Crippen molar-refractivity contribution in [1.82, 2.24) is 9.97 Å². The van der Waals surface area contributed by atoms with E-state index in [0.29, 0.717) is 27.4 Å². The van der Waals surface area contributed by atoms with Gasteiger partial charge < -0.3 is 11.5 Å². The number of amides is 1. The molecule has 3 rings (SSSR count). The van der Waals surface area contributed by atoms with Gasteiger partial charge in [0.15, 0.2) is 0 Å². The van der Waals surface area contributed by atoms with Crippen molar-refractivity contribution < 1.29 is 9.18 Å². The maximum atomic E-state index is 13.8. The van der Waals surface area contributed by atoms with Crippen molar-refractivity contribution in [2.45, 2.75) is 19.0 Å². The van der Waals surface area contributed by atoms with Crippen LogP contribution in [0.15, 0.2) is 35.7 Å². The number of pyridine rings is 2. The minimum absolute atomic E-state index is 0.391. The van der Waals surface area contributed by atoms with E-state index in [4.69, 9.17) is 11.5 Å². The zero-order chi connectivity index (χ0) is 15.9. The van der Waals surface area contributed by atoms with Crippen molar-refractivity contribution in [3.63, 3.8) is 0 Å². The highest BCUT2D eigenvalue weighted by atomic mass is 19.1. The van der Waals surface area contributed by atoms with Crippen LogP contribution in [0.5, 0.6) is 0 Å². The normalized spacial score (nSPS) is 20.2. The summed E-state index contributed by atoms with van der Waals surface area (Å²) in [6.07, 6.45) is 4.23. The molecular weight excluding hydrogens is 285 g/mol. The molecule has 22 heavy (non-hydrogen) atoms. The molecule has 112 valence electrons. The molecule has 7 heteroatoms. The predicted molar refractivity (Wildman–Crippen MR) is 77.4 cm³/mol. The van der Waals surface area contributed by atoms with Crippen LogP contribution in [-0.2, 0) is 4.79 Å². The van der Waals surface area contributed by atoms with E-state index >= 15 is 0 Å². The Bertz CT molecular complexity index is 880. The third-order valence-corrected chi connectivity index (χ3v) is 3.73. The molecule has 4 N–H and O–H groups in total. The number of primary amides is 1. The summed E-state index contributed by atoms with van der Waals surface area (Å²) in [6.45, 7) is 1.62. The monoisotopic (exact) mass is 299 g/mol. The zero-order valence-electron chi connectivity index (χ0n) is 11.8. The van der Waals surface area contributed by atoms with Crippen LogP contribution < -0.4 is 22.2 Å². The summed E-state index contributed by atoms with van der Waals surface area (Å²) >= 11 is 0. The lowest BCUT2D eigenvalue weighted by Crippen LogP contribution is -2.52. The SMILES string of the molecule is Cc1c(F)cncc1C1=c2ncccc2=NC(C(N)=O)C1N. The van der Waals surface area contributed by atoms with E-state index in [1.165, 1.54) is 6.20 Å². The maximum Gasteiger partial charge on any atom is 0.244 e. The van der Waals surface area contributed by atoms with Gasteiger partial charge in [0.2, 0.25) is 5.91 Å². The second-order valence-corrected chi connectivity index (χ2v) is 5.08. The van der Waals surface area contributed by atoms with Crippen LogP contribution in [0, 0.1) is 12.7 Å². The van der Waals surface area contributed by atoms with Crippen molar-refractivity contribution in [2.24, 2.45) is 16.5 Å². The highest BCUT2D eigenvalue weighted by molar-refractivity contribution is 5.86. The van der Waals surface area contributed by atoms with Gasteiger partial charge >= 0.3 is 0 Å². The van der Waals surface area contributed by atoms with Gasteiger partial charge in [0, 0.05) is 23.5 Å². The van der Waals surface area contributed by atoms with E-state index in [1.54, 1.807) is 25.3 Å². The van der Waals surface area contributed by atoms with Crippen LogP contribution in [0.2, 0.25) is 0 Å². The number of fused-ring (bicyclic) bond motifs is 1. The highest BCUT2D eigenvalue weighted by Crippen LogP contribution is 2.22. The lowest BCUT2D eigenvalue weighted by atomic mass is 9.89. The molecule has 6 nitrogen and oxygen atoms in total. The molecule has 0 aromatic carbocycles. The largest absolute Gasteiger partial charge is 0.368 e. The summed E-state index contributed by atoms with van der Waals surface area (Å²) in [5.74, 6) is -1.09. The van der Waals surface area contributed by atoms with Gasteiger partial charge in [-0.15, -0.1) is 0 Å². The molecule has 1 amide bonds. The summed E-state index contributed by atoms with van der Waals surface area (Å²) in [5.41, 5.74) is 13.0. The summed E-state index contributed by atoms with van der Waals surface area (Å²) < 4.78 is 13.8. The average Bonchev–Trinajstić information content (AvgIpc) is 2.50. The molecular formula is C15H14FN5O. The molecule has 0 bridgehead atoms. The van der Waals surface area contributed by atoms with Crippen LogP contribution in [-0.4, -0.2) is 28.0 Å². The Balaban J connectivity index is 2.39. The number of halogens is 1. The van der Waals surface area contributed by atoms with Gasteiger partial charge in [-0.3, -0.25) is 19.8 Å². The quantitative estimate of drug-likeness (QED) is 0.736. The second-order valence-electron chi connectivity index (χ2n) is 5.08. The molecule has 0 aliphatic carbocycles. The fraction of sp³-hybridized carbons (Fsp3) is 0.200. The molecule has 0 spiro atoms. The number of nitrogens with two attached hydrogens (primary N) is 2. The summed E-state index contributed by atoms with van der Waals surface area (Å²) in [4.78, 5) is 24.0. The molecule has 0 saturated heterocycles. The van der Waals surface area contributed by atoms with Gasteiger partial charge in [-0.2, -0.15) is 0 Å². The number of aromatic nitrogens is 2. The van der Waals surface area contributed by atoms with Crippen LogP contribution in [0.3, 0.4) is 0 Å². The Morgan fingerprint density at radius 2 is 2.14 bits per heavy atom.